The van der Waals surface area contributed by atoms with Crippen molar-refractivity contribution < 1.29 is 28.6 Å². The Labute approximate surface area is 156 Å². The van der Waals surface area contributed by atoms with Gasteiger partial charge in [0.2, 0.25) is 5.82 Å². The molecule has 3 N–H and O–H groups in total. The molecule has 11 heteroatoms. The Kier molecular flexibility index (Phi) is 5.38. The van der Waals surface area contributed by atoms with Crippen LogP contribution in [-0.2, 0) is 14.3 Å². The summed E-state index contributed by atoms with van der Waals surface area (Å²) in [6, 6.07) is 5.81. The highest BCUT2D eigenvalue weighted by Gasteiger charge is 2.40. The van der Waals surface area contributed by atoms with Gasteiger partial charge in [-0.05, 0) is 24.3 Å². The van der Waals surface area contributed by atoms with E-state index in [0.717, 1.165) is 4.57 Å². The third-order valence-electron chi connectivity index (χ3n) is 4.16. The number of hydrogen-bond acceptors (Lipinski definition) is 7. The zero-order chi connectivity index (χ0) is 20.4. The molecule has 1 saturated heterocycles. The maximum Gasteiger partial charge on any atom is 0.337 e. The van der Waals surface area contributed by atoms with E-state index in [1.165, 1.54) is 31.4 Å². The number of methoxy groups -OCH3 is 1. The van der Waals surface area contributed by atoms with Gasteiger partial charge >= 0.3 is 11.7 Å². The maximum absolute atomic E-state index is 13.4. The summed E-state index contributed by atoms with van der Waals surface area (Å²) in [6.07, 6.45) is -3.23. The number of ether oxygens (including phenoxy) is 2. The molecule has 0 unspecified atom stereocenters. The number of nitrogens with zero attached hydrogens (tertiary/aromatic N) is 1. The molecule has 2 heterocycles. The second-order valence-electron chi connectivity index (χ2n) is 6.02. The number of aliphatic hydroxyl groups excluding tert-OH is 1. The second kappa shape index (κ2) is 7.74. The fraction of sp³-hybridized carbons (Fsp3) is 0.294. The van der Waals surface area contributed by atoms with Crippen LogP contribution in [0.15, 0.2) is 40.1 Å². The number of H-pyrrole nitrogens is 1. The van der Waals surface area contributed by atoms with E-state index >= 15 is 0 Å². The molecule has 1 aliphatic rings. The number of esters is 1. The smallest absolute Gasteiger partial charge is 0.337 e. The number of aromatic amines is 1. The molecule has 3 rings (SSSR count). The van der Waals surface area contributed by atoms with Gasteiger partial charge in [0.05, 0.1) is 25.0 Å². The monoisotopic (exact) mass is 393 g/mol. The first-order valence-electron chi connectivity index (χ1n) is 8.14. The summed E-state index contributed by atoms with van der Waals surface area (Å²) in [5.74, 6) is -2.43. The minimum atomic E-state index is -1.33. The molecule has 3 atom stereocenters. The molecular formula is C17H16FN3O7. The molecule has 1 aromatic heterocycles. The number of aliphatic hydroxyl groups is 1. The SMILES string of the molecule is COC(=O)c1ccc(NC(=O)[C@H]2O[C@@H](n3cc(F)c(=O)[nH]c3=O)C[C@@H]2O)cc1. The number of halogens is 1. The molecule has 10 nitrogen and oxygen atoms in total. The van der Waals surface area contributed by atoms with Crippen molar-refractivity contribution in [3.05, 3.63) is 62.7 Å². The van der Waals surface area contributed by atoms with Gasteiger partial charge in [0.25, 0.3) is 11.5 Å². The van der Waals surface area contributed by atoms with Crippen molar-refractivity contribution in [1.82, 2.24) is 9.55 Å². The number of carbonyl (C=O) groups is 2. The number of hydrogen-bond donors (Lipinski definition) is 3. The summed E-state index contributed by atoms with van der Waals surface area (Å²) in [6.45, 7) is 0. The highest BCUT2D eigenvalue weighted by atomic mass is 19.1. The minimum absolute atomic E-state index is 0.162. The number of amides is 1. The zero-order valence-corrected chi connectivity index (χ0v) is 14.5. The van der Waals surface area contributed by atoms with E-state index in [4.69, 9.17) is 4.74 Å². The van der Waals surface area contributed by atoms with Crippen molar-refractivity contribution in [1.29, 1.82) is 0 Å². The maximum atomic E-state index is 13.4. The van der Waals surface area contributed by atoms with Gasteiger partial charge in [0.1, 0.15) is 6.23 Å². The van der Waals surface area contributed by atoms with E-state index in [1.807, 2.05) is 0 Å². The lowest BCUT2D eigenvalue weighted by Gasteiger charge is -2.16. The number of benzene rings is 1. The third-order valence-corrected chi connectivity index (χ3v) is 4.16. The minimum Gasteiger partial charge on any atom is -0.465 e. The van der Waals surface area contributed by atoms with Crippen molar-refractivity contribution in [3.8, 4) is 0 Å². The van der Waals surface area contributed by atoms with Crippen molar-refractivity contribution in [2.75, 3.05) is 12.4 Å². The lowest BCUT2D eigenvalue weighted by Crippen LogP contribution is -2.36. The molecule has 0 bridgehead atoms. The van der Waals surface area contributed by atoms with Gasteiger partial charge in [-0.25, -0.2) is 9.59 Å². The topological polar surface area (TPSA) is 140 Å². The largest absolute Gasteiger partial charge is 0.465 e. The van der Waals surface area contributed by atoms with E-state index in [0.29, 0.717) is 11.9 Å². The zero-order valence-electron chi connectivity index (χ0n) is 14.5. The Morgan fingerprint density at radius 2 is 2.00 bits per heavy atom. The van der Waals surface area contributed by atoms with E-state index in [1.54, 1.807) is 4.98 Å². The average Bonchev–Trinajstić information content (AvgIpc) is 3.06. The second-order valence-corrected chi connectivity index (χ2v) is 6.02. The highest BCUT2D eigenvalue weighted by Crippen LogP contribution is 2.28. The summed E-state index contributed by atoms with van der Waals surface area (Å²) in [5.41, 5.74) is -1.48. The Bertz CT molecular complexity index is 1010. The summed E-state index contributed by atoms with van der Waals surface area (Å²) in [4.78, 5) is 48.5. The fourth-order valence-electron chi connectivity index (χ4n) is 2.76. The average molecular weight is 393 g/mol. The van der Waals surface area contributed by atoms with Gasteiger partial charge in [0.15, 0.2) is 6.10 Å². The van der Waals surface area contributed by atoms with Crippen LogP contribution < -0.4 is 16.6 Å². The van der Waals surface area contributed by atoms with Gasteiger partial charge < -0.3 is 19.9 Å². The first-order valence-corrected chi connectivity index (χ1v) is 8.14. The quantitative estimate of drug-likeness (QED) is 0.609. The standard InChI is InChI=1S/C17H16FN3O7/c1-27-16(25)8-2-4-9(5-3-8)19-15(24)13-11(22)6-12(28-13)21-7-10(18)14(23)20-17(21)26/h2-5,7,11-13,22H,6H2,1H3,(H,19,24)(H,20,23,26)/t11-,12+,13-/m0/s1. The molecule has 0 spiro atoms. The van der Waals surface area contributed by atoms with Crippen LogP contribution in [0.5, 0.6) is 0 Å². The summed E-state index contributed by atoms with van der Waals surface area (Å²) >= 11 is 0. The summed E-state index contributed by atoms with van der Waals surface area (Å²) < 4.78 is 24.2. The normalized spacial score (nSPS) is 21.3. The summed E-state index contributed by atoms with van der Waals surface area (Å²) in [5, 5.41) is 12.6. The van der Waals surface area contributed by atoms with Crippen molar-refractivity contribution in [3.63, 3.8) is 0 Å². The molecule has 28 heavy (non-hydrogen) atoms. The molecule has 2 aromatic rings. The van der Waals surface area contributed by atoms with Crippen LogP contribution >= 0.6 is 0 Å². The molecule has 0 saturated carbocycles. The Hall–Kier alpha value is -3.31. The van der Waals surface area contributed by atoms with Gasteiger partial charge in [-0.1, -0.05) is 0 Å². The van der Waals surface area contributed by atoms with Crippen LogP contribution in [0.4, 0.5) is 10.1 Å². The van der Waals surface area contributed by atoms with Gasteiger partial charge in [-0.3, -0.25) is 19.1 Å². The number of rotatable bonds is 4. The highest BCUT2D eigenvalue weighted by molar-refractivity contribution is 5.95. The van der Waals surface area contributed by atoms with Crippen LogP contribution in [0.2, 0.25) is 0 Å². The van der Waals surface area contributed by atoms with E-state index in [-0.39, 0.29) is 12.0 Å². The molecular weight excluding hydrogens is 377 g/mol. The third kappa shape index (κ3) is 3.85. The van der Waals surface area contributed by atoms with Crippen molar-refractivity contribution >= 4 is 17.6 Å². The molecule has 0 radical (unpaired) electrons. The predicted molar refractivity (Wildman–Crippen MR) is 92.2 cm³/mol. The van der Waals surface area contributed by atoms with Crippen LogP contribution in [0, 0.1) is 5.82 Å². The Morgan fingerprint density at radius 3 is 2.64 bits per heavy atom. The van der Waals surface area contributed by atoms with Crippen molar-refractivity contribution in [2.45, 2.75) is 24.9 Å². The molecule has 1 aliphatic heterocycles. The van der Waals surface area contributed by atoms with Crippen molar-refractivity contribution in [2.24, 2.45) is 0 Å². The fourth-order valence-corrected chi connectivity index (χ4v) is 2.76. The molecule has 1 amide bonds. The van der Waals surface area contributed by atoms with E-state index in [2.05, 4.69) is 10.1 Å². The van der Waals surface area contributed by atoms with Gasteiger partial charge in [-0.2, -0.15) is 4.39 Å². The van der Waals surface area contributed by atoms with Gasteiger partial charge in [0, 0.05) is 12.1 Å². The van der Waals surface area contributed by atoms with Crippen LogP contribution in [0.25, 0.3) is 0 Å². The Morgan fingerprint density at radius 1 is 1.32 bits per heavy atom. The number of aromatic nitrogens is 2. The lowest BCUT2D eigenvalue weighted by molar-refractivity contribution is -0.132. The predicted octanol–water partition coefficient (Wildman–Crippen LogP) is -0.251. The molecule has 1 fully saturated rings. The van der Waals surface area contributed by atoms with E-state index in [9.17, 15) is 28.7 Å². The number of carbonyl (C=O) groups excluding carboxylic acids is 2. The van der Waals surface area contributed by atoms with Crippen LogP contribution in [-0.4, -0.2) is 45.9 Å². The van der Waals surface area contributed by atoms with E-state index < -0.39 is 47.4 Å². The first-order chi connectivity index (χ1) is 13.3. The number of anilines is 1. The van der Waals surface area contributed by atoms with Crippen LogP contribution in [0.1, 0.15) is 23.0 Å². The lowest BCUT2D eigenvalue weighted by atomic mass is 10.1. The number of nitrogens with one attached hydrogen (secondary N) is 2. The van der Waals surface area contributed by atoms with Gasteiger partial charge in [-0.15, -0.1) is 0 Å². The summed E-state index contributed by atoms with van der Waals surface area (Å²) in [7, 11) is 1.24. The van der Waals surface area contributed by atoms with Crippen LogP contribution in [0.3, 0.4) is 0 Å². The Balaban J connectivity index is 1.71. The first kappa shape index (κ1) is 19.5. The molecule has 1 aromatic carbocycles. The molecule has 148 valence electrons. The molecule has 0 aliphatic carbocycles.